The Kier molecular flexibility index (Phi) is 4.58. The van der Waals surface area contributed by atoms with Gasteiger partial charge in [0.25, 0.3) is 0 Å². The van der Waals surface area contributed by atoms with Gasteiger partial charge >= 0.3 is 5.97 Å². The summed E-state index contributed by atoms with van der Waals surface area (Å²) in [6.45, 7) is 2.48. The fourth-order valence-corrected chi connectivity index (χ4v) is 2.83. The highest BCUT2D eigenvalue weighted by Crippen LogP contribution is 2.30. The molecule has 1 atom stereocenters. The van der Waals surface area contributed by atoms with E-state index in [0.717, 1.165) is 18.4 Å². The van der Waals surface area contributed by atoms with Crippen LogP contribution < -0.4 is 0 Å². The Balaban J connectivity index is 1.91. The normalized spacial score (nSPS) is 16.1. The second-order valence-corrected chi connectivity index (χ2v) is 6.07. The Morgan fingerprint density at radius 3 is 2.74 bits per heavy atom. The van der Waals surface area contributed by atoms with Gasteiger partial charge in [-0.05, 0) is 41.1 Å². The SMILES string of the molecule is CC(CC(=O)O)CC(=O)N(Cc1ccsc1)C1CC1. The second-order valence-electron chi connectivity index (χ2n) is 5.29. The molecule has 1 aliphatic rings. The fourth-order valence-electron chi connectivity index (χ4n) is 2.17. The van der Waals surface area contributed by atoms with Crippen LogP contribution in [0, 0.1) is 5.92 Å². The van der Waals surface area contributed by atoms with Crippen LogP contribution in [-0.4, -0.2) is 27.9 Å². The summed E-state index contributed by atoms with van der Waals surface area (Å²) in [5.41, 5.74) is 1.16. The minimum absolute atomic E-state index is 0.0582. The summed E-state index contributed by atoms with van der Waals surface area (Å²) in [5.74, 6) is -0.854. The van der Waals surface area contributed by atoms with Crippen molar-refractivity contribution in [3.8, 4) is 0 Å². The van der Waals surface area contributed by atoms with Gasteiger partial charge in [-0.25, -0.2) is 0 Å². The highest BCUT2D eigenvalue weighted by atomic mass is 32.1. The molecule has 1 aliphatic carbocycles. The van der Waals surface area contributed by atoms with Crippen LogP contribution in [0.1, 0.15) is 38.2 Å². The van der Waals surface area contributed by atoms with Crippen molar-refractivity contribution in [3.05, 3.63) is 22.4 Å². The van der Waals surface area contributed by atoms with Gasteiger partial charge in [-0.3, -0.25) is 9.59 Å². The van der Waals surface area contributed by atoms with E-state index in [-0.39, 0.29) is 18.2 Å². The molecule has 0 saturated heterocycles. The molecule has 0 radical (unpaired) electrons. The highest BCUT2D eigenvalue weighted by molar-refractivity contribution is 7.07. The fraction of sp³-hybridized carbons (Fsp3) is 0.571. The molecule has 19 heavy (non-hydrogen) atoms. The Hall–Kier alpha value is -1.36. The van der Waals surface area contributed by atoms with Crippen molar-refractivity contribution in [1.29, 1.82) is 0 Å². The van der Waals surface area contributed by atoms with Gasteiger partial charge < -0.3 is 10.0 Å². The number of nitrogens with zero attached hydrogens (tertiary/aromatic N) is 1. The average Bonchev–Trinajstić information content (AvgIpc) is 3.02. The summed E-state index contributed by atoms with van der Waals surface area (Å²) in [5, 5.41) is 12.8. The first kappa shape index (κ1) is 14.1. The van der Waals surface area contributed by atoms with Crippen LogP contribution in [0.15, 0.2) is 16.8 Å². The Morgan fingerprint density at radius 2 is 2.21 bits per heavy atom. The molecule has 1 unspecified atom stereocenters. The molecular weight excluding hydrogens is 262 g/mol. The number of hydrogen-bond donors (Lipinski definition) is 1. The lowest BCUT2D eigenvalue weighted by Crippen LogP contribution is -2.33. The number of carboxylic acids is 1. The molecule has 1 fully saturated rings. The summed E-state index contributed by atoms with van der Waals surface area (Å²) < 4.78 is 0. The largest absolute Gasteiger partial charge is 0.481 e. The predicted molar refractivity (Wildman–Crippen MR) is 73.9 cm³/mol. The van der Waals surface area contributed by atoms with E-state index in [9.17, 15) is 9.59 Å². The van der Waals surface area contributed by atoms with E-state index in [1.807, 2.05) is 23.3 Å². The highest BCUT2D eigenvalue weighted by Gasteiger charge is 2.33. The Bertz CT molecular complexity index is 440. The quantitative estimate of drug-likeness (QED) is 0.836. The van der Waals surface area contributed by atoms with Crippen molar-refractivity contribution >= 4 is 23.2 Å². The standard InChI is InChI=1S/C14H19NO3S/c1-10(7-14(17)18)6-13(16)15(12-2-3-12)8-11-4-5-19-9-11/h4-5,9-10,12H,2-3,6-8H2,1H3,(H,17,18). The molecular formula is C14H19NO3S. The van der Waals surface area contributed by atoms with E-state index in [2.05, 4.69) is 5.38 Å². The predicted octanol–water partition coefficient (Wildman–Crippen LogP) is 2.74. The molecule has 1 saturated carbocycles. The number of carboxylic acid groups (broad SMARTS) is 1. The molecule has 1 heterocycles. The van der Waals surface area contributed by atoms with E-state index in [0.29, 0.717) is 19.0 Å². The molecule has 1 aromatic rings. The van der Waals surface area contributed by atoms with E-state index in [1.54, 1.807) is 11.3 Å². The summed E-state index contributed by atoms with van der Waals surface area (Å²) in [6, 6.07) is 2.40. The van der Waals surface area contributed by atoms with E-state index >= 15 is 0 Å². The summed E-state index contributed by atoms with van der Waals surface area (Å²) in [4.78, 5) is 24.8. The van der Waals surface area contributed by atoms with E-state index < -0.39 is 5.97 Å². The lowest BCUT2D eigenvalue weighted by atomic mass is 10.0. The van der Waals surface area contributed by atoms with Gasteiger partial charge in [0.05, 0.1) is 0 Å². The van der Waals surface area contributed by atoms with E-state index in [4.69, 9.17) is 5.11 Å². The van der Waals surface area contributed by atoms with Crippen LogP contribution in [0.5, 0.6) is 0 Å². The zero-order valence-corrected chi connectivity index (χ0v) is 11.9. The zero-order chi connectivity index (χ0) is 13.8. The molecule has 1 N–H and O–H groups in total. The Morgan fingerprint density at radius 1 is 1.47 bits per heavy atom. The van der Waals surface area contributed by atoms with Crippen molar-refractivity contribution in [3.63, 3.8) is 0 Å². The van der Waals surface area contributed by atoms with Gasteiger partial charge in [0.2, 0.25) is 5.91 Å². The van der Waals surface area contributed by atoms with Gasteiger partial charge in [-0.2, -0.15) is 11.3 Å². The second kappa shape index (κ2) is 6.19. The lowest BCUT2D eigenvalue weighted by Gasteiger charge is -2.23. The van der Waals surface area contributed by atoms with Crippen LogP contribution in [0.25, 0.3) is 0 Å². The van der Waals surface area contributed by atoms with E-state index in [1.165, 1.54) is 0 Å². The molecule has 0 aromatic carbocycles. The Labute approximate surface area is 117 Å². The third kappa shape index (κ3) is 4.35. The molecule has 1 amide bonds. The molecule has 0 aliphatic heterocycles. The molecule has 104 valence electrons. The number of amides is 1. The van der Waals surface area contributed by atoms with Crippen molar-refractivity contribution in [1.82, 2.24) is 4.90 Å². The van der Waals surface area contributed by atoms with Crippen molar-refractivity contribution in [2.75, 3.05) is 0 Å². The molecule has 0 bridgehead atoms. The van der Waals surface area contributed by atoms with Crippen LogP contribution in [0.4, 0.5) is 0 Å². The minimum atomic E-state index is -0.837. The summed E-state index contributed by atoms with van der Waals surface area (Å²) >= 11 is 1.63. The number of aliphatic carboxylic acids is 1. The van der Waals surface area contributed by atoms with Crippen LogP contribution in [0.2, 0.25) is 0 Å². The number of hydrogen-bond acceptors (Lipinski definition) is 3. The lowest BCUT2D eigenvalue weighted by molar-refractivity contribution is -0.138. The van der Waals surface area contributed by atoms with Gasteiger partial charge in [0, 0.05) is 25.4 Å². The van der Waals surface area contributed by atoms with Crippen LogP contribution in [0.3, 0.4) is 0 Å². The first-order valence-electron chi connectivity index (χ1n) is 6.58. The zero-order valence-electron chi connectivity index (χ0n) is 11.0. The maximum absolute atomic E-state index is 12.3. The summed E-state index contributed by atoms with van der Waals surface area (Å²) in [6.07, 6.45) is 2.53. The first-order valence-corrected chi connectivity index (χ1v) is 7.53. The van der Waals surface area contributed by atoms with Crippen LogP contribution >= 0.6 is 11.3 Å². The van der Waals surface area contributed by atoms with Gasteiger partial charge in [0.1, 0.15) is 0 Å². The smallest absolute Gasteiger partial charge is 0.303 e. The van der Waals surface area contributed by atoms with Crippen molar-refractivity contribution < 1.29 is 14.7 Å². The van der Waals surface area contributed by atoms with Crippen molar-refractivity contribution in [2.24, 2.45) is 5.92 Å². The van der Waals surface area contributed by atoms with Crippen LogP contribution in [-0.2, 0) is 16.1 Å². The molecule has 2 rings (SSSR count). The maximum atomic E-state index is 12.3. The topological polar surface area (TPSA) is 57.6 Å². The molecule has 5 heteroatoms. The number of carbonyl (C=O) groups excluding carboxylic acids is 1. The molecule has 4 nitrogen and oxygen atoms in total. The van der Waals surface area contributed by atoms with Gasteiger partial charge in [-0.1, -0.05) is 6.92 Å². The van der Waals surface area contributed by atoms with Crippen molar-refractivity contribution in [2.45, 2.75) is 45.2 Å². The molecule has 0 spiro atoms. The van der Waals surface area contributed by atoms with Gasteiger partial charge in [-0.15, -0.1) is 0 Å². The molecule has 1 aromatic heterocycles. The first-order chi connectivity index (χ1) is 9.06. The minimum Gasteiger partial charge on any atom is -0.481 e. The monoisotopic (exact) mass is 281 g/mol. The average molecular weight is 281 g/mol. The number of carbonyl (C=O) groups is 2. The maximum Gasteiger partial charge on any atom is 0.303 e. The number of rotatable bonds is 7. The number of thiophene rings is 1. The summed E-state index contributed by atoms with van der Waals surface area (Å²) in [7, 11) is 0. The van der Waals surface area contributed by atoms with Gasteiger partial charge in [0.15, 0.2) is 0 Å². The third-order valence-electron chi connectivity index (χ3n) is 3.29. The third-order valence-corrected chi connectivity index (χ3v) is 4.02.